The molecular formula is C32H28O5. The Bertz CT molecular complexity index is 1410. The molecule has 0 heterocycles. The zero-order valence-corrected chi connectivity index (χ0v) is 20.8. The first-order chi connectivity index (χ1) is 18.0. The van der Waals surface area contributed by atoms with Gasteiger partial charge in [0.25, 0.3) is 0 Å². The molecule has 2 aliphatic carbocycles. The van der Waals surface area contributed by atoms with Crippen LogP contribution in [0, 0.1) is 5.92 Å². The van der Waals surface area contributed by atoms with Crippen molar-refractivity contribution in [3.05, 3.63) is 120 Å². The molecule has 0 spiro atoms. The van der Waals surface area contributed by atoms with Gasteiger partial charge >= 0.3 is 0 Å². The highest BCUT2D eigenvalue weighted by molar-refractivity contribution is 6.31. The van der Waals surface area contributed by atoms with Gasteiger partial charge in [0.15, 0.2) is 11.6 Å². The van der Waals surface area contributed by atoms with Gasteiger partial charge in [0, 0.05) is 35.1 Å². The number of hydrogen-bond acceptors (Lipinski definition) is 5. The second-order valence-electron chi connectivity index (χ2n) is 9.28. The third-order valence-electron chi connectivity index (χ3n) is 7.58. The molecule has 0 radical (unpaired) electrons. The average Bonchev–Trinajstić information content (AvgIpc) is 2.94. The van der Waals surface area contributed by atoms with Crippen LogP contribution in [-0.4, -0.2) is 30.9 Å². The number of phenols is 1. The van der Waals surface area contributed by atoms with Crippen LogP contribution in [0.3, 0.4) is 0 Å². The van der Waals surface area contributed by atoms with E-state index in [4.69, 9.17) is 9.47 Å². The van der Waals surface area contributed by atoms with E-state index in [1.54, 1.807) is 6.08 Å². The van der Waals surface area contributed by atoms with Crippen molar-refractivity contribution in [1.82, 2.24) is 0 Å². The number of carbonyl (C=O) groups excluding carboxylic acids is 2. The predicted octanol–water partition coefficient (Wildman–Crippen LogP) is 5.80. The molecule has 0 saturated heterocycles. The minimum atomic E-state index is -1.27. The summed E-state index contributed by atoms with van der Waals surface area (Å²) in [7, 11) is 3.01. The smallest absolute Gasteiger partial charge is 0.168 e. The van der Waals surface area contributed by atoms with E-state index < -0.39 is 17.3 Å². The number of ether oxygens (including phenoxy) is 2. The normalized spacial score (nSPS) is 23.0. The van der Waals surface area contributed by atoms with Crippen LogP contribution in [0.25, 0.3) is 5.57 Å². The zero-order chi connectivity index (χ0) is 26.2. The molecule has 0 fully saturated rings. The van der Waals surface area contributed by atoms with E-state index in [0.29, 0.717) is 29.1 Å². The molecule has 0 aromatic heterocycles. The summed E-state index contributed by atoms with van der Waals surface area (Å²) in [4.78, 5) is 28.8. The number of benzene rings is 3. The average molecular weight is 493 g/mol. The van der Waals surface area contributed by atoms with Crippen LogP contribution in [0.1, 0.15) is 29.0 Å². The Labute approximate surface area is 216 Å². The number of Topliss-reactive ketones (excluding diaryl/α,β-unsaturated/α-hetero) is 1. The van der Waals surface area contributed by atoms with Gasteiger partial charge in [-0.05, 0) is 29.2 Å². The van der Waals surface area contributed by atoms with Crippen molar-refractivity contribution in [2.75, 3.05) is 14.2 Å². The predicted molar refractivity (Wildman–Crippen MR) is 143 cm³/mol. The molecule has 186 valence electrons. The van der Waals surface area contributed by atoms with Crippen LogP contribution in [0.15, 0.2) is 103 Å². The van der Waals surface area contributed by atoms with Crippen molar-refractivity contribution in [2.45, 2.75) is 17.8 Å². The topological polar surface area (TPSA) is 72.8 Å². The molecule has 5 rings (SSSR count). The molecule has 3 aromatic rings. The lowest BCUT2D eigenvalue weighted by molar-refractivity contribution is -0.131. The standard InChI is InChI=1S/C32H28O5/c1-4-20-15-16-25-31(35)24(21-11-7-5-8-12-21)19-28(34)32(25,22-13-9-6-10-14-22)30(20)29-26(36-2)17-23(33)18-27(29)37-3/h4-15,17-19,25,30,33H,1,16H2,2-3H3. The molecule has 0 aliphatic heterocycles. The summed E-state index contributed by atoms with van der Waals surface area (Å²) in [5, 5.41) is 10.3. The van der Waals surface area contributed by atoms with Crippen molar-refractivity contribution in [3.8, 4) is 17.2 Å². The van der Waals surface area contributed by atoms with E-state index in [2.05, 4.69) is 6.58 Å². The summed E-state index contributed by atoms with van der Waals surface area (Å²) in [5.41, 5.74) is 1.97. The van der Waals surface area contributed by atoms with Crippen molar-refractivity contribution < 1.29 is 24.2 Å². The van der Waals surface area contributed by atoms with Crippen LogP contribution in [0.2, 0.25) is 0 Å². The van der Waals surface area contributed by atoms with Gasteiger partial charge in [-0.2, -0.15) is 0 Å². The van der Waals surface area contributed by atoms with Gasteiger partial charge in [-0.15, -0.1) is 0 Å². The fourth-order valence-electron chi connectivity index (χ4n) is 6.03. The van der Waals surface area contributed by atoms with Crippen molar-refractivity contribution in [3.63, 3.8) is 0 Å². The minimum absolute atomic E-state index is 0.0278. The second kappa shape index (κ2) is 9.58. The van der Waals surface area contributed by atoms with Crippen molar-refractivity contribution in [2.24, 2.45) is 5.92 Å². The molecule has 5 nitrogen and oxygen atoms in total. The first-order valence-corrected chi connectivity index (χ1v) is 12.2. The molecule has 0 amide bonds. The Hall–Kier alpha value is -4.38. The minimum Gasteiger partial charge on any atom is -0.508 e. The Morgan fingerprint density at radius 3 is 2.11 bits per heavy atom. The summed E-state index contributed by atoms with van der Waals surface area (Å²) in [6.45, 7) is 4.05. The van der Waals surface area contributed by atoms with Gasteiger partial charge in [0.2, 0.25) is 0 Å². The van der Waals surface area contributed by atoms with E-state index in [0.717, 1.165) is 16.7 Å². The molecule has 37 heavy (non-hydrogen) atoms. The lowest BCUT2D eigenvalue weighted by atomic mass is 9.49. The summed E-state index contributed by atoms with van der Waals surface area (Å²) in [6, 6.07) is 21.8. The highest BCUT2D eigenvalue weighted by Crippen LogP contribution is 2.60. The first-order valence-electron chi connectivity index (χ1n) is 12.2. The Balaban J connectivity index is 1.87. The fraction of sp³-hybridized carbons (Fsp3) is 0.188. The molecule has 1 N–H and O–H groups in total. The number of aromatic hydroxyl groups is 1. The van der Waals surface area contributed by atoms with Crippen LogP contribution in [0.5, 0.6) is 17.2 Å². The molecule has 3 aromatic carbocycles. The third kappa shape index (κ3) is 3.70. The number of carbonyl (C=O) groups is 2. The fourth-order valence-corrected chi connectivity index (χ4v) is 6.03. The maximum absolute atomic E-state index is 14.6. The number of hydrogen-bond donors (Lipinski definition) is 1. The Morgan fingerprint density at radius 1 is 0.946 bits per heavy atom. The monoisotopic (exact) mass is 492 g/mol. The van der Waals surface area contributed by atoms with E-state index in [9.17, 15) is 14.7 Å². The Morgan fingerprint density at radius 2 is 1.54 bits per heavy atom. The first kappa shape index (κ1) is 24.3. The summed E-state index contributed by atoms with van der Waals surface area (Å²) in [6.07, 6.45) is 5.59. The van der Waals surface area contributed by atoms with Gasteiger partial charge in [-0.1, -0.05) is 79.4 Å². The number of phenolic OH excluding ortho intramolecular Hbond substituents is 1. The van der Waals surface area contributed by atoms with E-state index in [1.807, 2.05) is 66.7 Å². The van der Waals surface area contributed by atoms with Gasteiger partial charge < -0.3 is 14.6 Å². The maximum atomic E-state index is 14.6. The van der Waals surface area contributed by atoms with Crippen molar-refractivity contribution in [1.29, 1.82) is 0 Å². The number of methoxy groups -OCH3 is 2. The van der Waals surface area contributed by atoms with E-state index in [-0.39, 0.29) is 17.3 Å². The van der Waals surface area contributed by atoms with E-state index >= 15 is 0 Å². The second-order valence-corrected chi connectivity index (χ2v) is 9.28. The highest BCUT2D eigenvalue weighted by atomic mass is 16.5. The summed E-state index contributed by atoms with van der Waals surface area (Å²) < 4.78 is 11.4. The largest absolute Gasteiger partial charge is 0.508 e. The third-order valence-corrected chi connectivity index (χ3v) is 7.58. The highest BCUT2D eigenvalue weighted by Gasteiger charge is 2.60. The van der Waals surface area contributed by atoms with Gasteiger partial charge in [0.05, 0.1) is 19.6 Å². The van der Waals surface area contributed by atoms with Gasteiger partial charge in [0.1, 0.15) is 17.2 Å². The molecule has 2 aliphatic rings. The van der Waals surface area contributed by atoms with Crippen molar-refractivity contribution >= 4 is 17.1 Å². The number of allylic oxidation sites excluding steroid dienone is 5. The molecular weight excluding hydrogens is 464 g/mol. The van der Waals surface area contributed by atoms with Crippen LogP contribution < -0.4 is 9.47 Å². The van der Waals surface area contributed by atoms with Crippen LogP contribution >= 0.6 is 0 Å². The number of fused-ring (bicyclic) bond motifs is 1. The SMILES string of the molecule is C=CC1=CCC2C(=O)C(c3ccccc3)=CC(=O)C2(c2ccccc2)C1c1c(OC)cc(O)cc1OC. The quantitative estimate of drug-likeness (QED) is 0.471. The van der Waals surface area contributed by atoms with Crippen LogP contribution in [0.4, 0.5) is 0 Å². The van der Waals surface area contributed by atoms with Crippen LogP contribution in [-0.2, 0) is 15.0 Å². The molecule has 3 unspecified atom stereocenters. The molecule has 5 heteroatoms. The maximum Gasteiger partial charge on any atom is 0.168 e. The summed E-state index contributed by atoms with van der Waals surface area (Å²) >= 11 is 0. The number of rotatable bonds is 6. The lowest BCUT2D eigenvalue weighted by Gasteiger charge is -2.50. The summed E-state index contributed by atoms with van der Waals surface area (Å²) in [5.74, 6) is -0.874. The van der Waals surface area contributed by atoms with Gasteiger partial charge in [-0.25, -0.2) is 0 Å². The molecule has 0 bridgehead atoms. The zero-order valence-electron chi connectivity index (χ0n) is 20.8. The van der Waals surface area contributed by atoms with Gasteiger partial charge in [-0.3, -0.25) is 9.59 Å². The number of ketones is 2. The molecule has 0 saturated carbocycles. The molecule has 3 atom stereocenters. The van der Waals surface area contributed by atoms with E-state index in [1.165, 1.54) is 32.4 Å². The lowest BCUT2D eigenvalue weighted by Crippen LogP contribution is -2.54. The Kier molecular flexibility index (Phi) is 6.30.